The molecule has 7 nitrogen and oxygen atoms in total. The molecule has 0 fully saturated rings. The van der Waals surface area contributed by atoms with Gasteiger partial charge in [0.25, 0.3) is 0 Å². The van der Waals surface area contributed by atoms with Crippen LogP contribution in [0.5, 0.6) is 0 Å². The number of aliphatic hydroxyl groups is 1. The van der Waals surface area contributed by atoms with E-state index in [4.69, 9.17) is 10.8 Å². The van der Waals surface area contributed by atoms with Gasteiger partial charge in [-0.15, -0.1) is 10.2 Å². The van der Waals surface area contributed by atoms with Gasteiger partial charge in [0.15, 0.2) is 11.0 Å². The molecule has 0 atom stereocenters. The molecule has 0 radical (unpaired) electrons. The van der Waals surface area contributed by atoms with E-state index in [1.807, 2.05) is 16.7 Å². The largest absolute Gasteiger partial charge is 0.396 e. The molecule has 1 amide bonds. The number of carbonyl (C=O) groups is 1. The molecule has 0 aromatic carbocycles. The zero-order valence-corrected chi connectivity index (χ0v) is 11.6. The van der Waals surface area contributed by atoms with Crippen LogP contribution in [-0.4, -0.2) is 43.1 Å². The number of rotatable bonds is 7. The summed E-state index contributed by atoms with van der Waals surface area (Å²) in [6.07, 6.45) is 3.94. The van der Waals surface area contributed by atoms with E-state index in [2.05, 4.69) is 15.2 Å². The Kier molecular flexibility index (Phi) is 5.08. The number of carbonyl (C=O) groups excluding carboxylic acids is 1. The minimum atomic E-state index is -0.405. The van der Waals surface area contributed by atoms with Crippen molar-refractivity contribution in [3.8, 4) is 11.4 Å². The predicted molar refractivity (Wildman–Crippen MR) is 74.9 cm³/mol. The van der Waals surface area contributed by atoms with E-state index in [1.54, 1.807) is 12.4 Å². The third-order valence-electron chi connectivity index (χ3n) is 2.54. The summed E-state index contributed by atoms with van der Waals surface area (Å²) in [4.78, 5) is 14.8. The van der Waals surface area contributed by atoms with Crippen molar-refractivity contribution in [2.24, 2.45) is 5.73 Å². The van der Waals surface area contributed by atoms with Crippen molar-refractivity contribution in [1.29, 1.82) is 0 Å². The molecule has 0 saturated heterocycles. The van der Waals surface area contributed by atoms with Crippen LogP contribution in [0, 0.1) is 0 Å². The molecule has 2 heterocycles. The standard InChI is InChI=1S/C12H15N5O2S/c13-10(19)8-20-12-16-15-11(17(12)6-1-7-18)9-2-4-14-5-3-9/h2-5,18H,1,6-8H2,(H2,13,19). The molecule has 0 unspecified atom stereocenters. The molecule has 20 heavy (non-hydrogen) atoms. The van der Waals surface area contributed by atoms with Crippen molar-refractivity contribution < 1.29 is 9.90 Å². The lowest BCUT2D eigenvalue weighted by molar-refractivity contribution is -0.115. The van der Waals surface area contributed by atoms with Crippen LogP contribution in [0.25, 0.3) is 11.4 Å². The summed E-state index contributed by atoms with van der Waals surface area (Å²) in [6.45, 7) is 0.649. The van der Waals surface area contributed by atoms with Crippen molar-refractivity contribution in [2.75, 3.05) is 12.4 Å². The molecule has 0 spiro atoms. The lowest BCUT2D eigenvalue weighted by Crippen LogP contribution is -2.14. The summed E-state index contributed by atoms with van der Waals surface area (Å²) < 4.78 is 1.87. The third kappa shape index (κ3) is 3.55. The Bertz CT molecular complexity index is 572. The number of hydrogen-bond donors (Lipinski definition) is 2. The second-order valence-corrected chi connectivity index (χ2v) is 4.97. The van der Waals surface area contributed by atoms with Gasteiger partial charge in [-0.05, 0) is 18.6 Å². The molecule has 0 aliphatic rings. The van der Waals surface area contributed by atoms with Crippen molar-refractivity contribution in [3.63, 3.8) is 0 Å². The first-order valence-corrected chi connectivity index (χ1v) is 7.06. The highest BCUT2D eigenvalue weighted by Crippen LogP contribution is 2.23. The molecule has 2 aromatic heterocycles. The first-order valence-electron chi connectivity index (χ1n) is 6.08. The number of amides is 1. The Morgan fingerprint density at radius 1 is 1.35 bits per heavy atom. The molecular weight excluding hydrogens is 278 g/mol. The number of hydrogen-bond acceptors (Lipinski definition) is 6. The molecule has 2 rings (SSSR count). The van der Waals surface area contributed by atoms with Crippen LogP contribution in [0.3, 0.4) is 0 Å². The maximum Gasteiger partial charge on any atom is 0.227 e. The molecule has 0 saturated carbocycles. The van der Waals surface area contributed by atoms with Crippen LogP contribution in [-0.2, 0) is 11.3 Å². The van der Waals surface area contributed by atoms with E-state index in [1.165, 1.54) is 11.8 Å². The highest BCUT2D eigenvalue weighted by atomic mass is 32.2. The molecule has 0 aliphatic heterocycles. The first kappa shape index (κ1) is 14.5. The molecule has 0 bridgehead atoms. The van der Waals surface area contributed by atoms with E-state index in [9.17, 15) is 4.79 Å². The summed E-state index contributed by atoms with van der Waals surface area (Å²) in [6, 6.07) is 3.67. The summed E-state index contributed by atoms with van der Waals surface area (Å²) in [5.41, 5.74) is 6.03. The third-order valence-corrected chi connectivity index (χ3v) is 3.53. The average Bonchev–Trinajstić information content (AvgIpc) is 2.86. The number of aromatic nitrogens is 4. The summed E-state index contributed by atoms with van der Waals surface area (Å²) in [5, 5.41) is 17.8. The topological polar surface area (TPSA) is 107 Å². The number of pyridine rings is 1. The van der Waals surface area contributed by atoms with Crippen LogP contribution in [0.15, 0.2) is 29.7 Å². The normalized spacial score (nSPS) is 10.7. The fraction of sp³-hybridized carbons (Fsp3) is 0.333. The van der Waals surface area contributed by atoms with Gasteiger partial charge < -0.3 is 15.4 Å². The lowest BCUT2D eigenvalue weighted by Gasteiger charge is -2.08. The molecule has 2 aromatic rings. The maximum absolute atomic E-state index is 10.9. The van der Waals surface area contributed by atoms with Gasteiger partial charge in [-0.3, -0.25) is 9.78 Å². The number of nitrogens with zero attached hydrogens (tertiary/aromatic N) is 4. The fourth-order valence-electron chi connectivity index (χ4n) is 1.68. The number of thioether (sulfide) groups is 1. The Balaban J connectivity index is 2.29. The molecule has 106 valence electrons. The smallest absolute Gasteiger partial charge is 0.227 e. The zero-order chi connectivity index (χ0) is 14.4. The Morgan fingerprint density at radius 2 is 2.10 bits per heavy atom. The average molecular weight is 293 g/mol. The second kappa shape index (κ2) is 7.01. The highest BCUT2D eigenvalue weighted by Gasteiger charge is 2.14. The van der Waals surface area contributed by atoms with Gasteiger partial charge in [0, 0.05) is 31.1 Å². The van der Waals surface area contributed by atoms with Crippen LogP contribution in [0.2, 0.25) is 0 Å². The SMILES string of the molecule is NC(=O)CSc1nnc(-c2ccncc2)n1CCCO. The van der Waals surface area contributed by atoms with Gasteiger partial charge in [0.2, 0.25) is 5.91 Å². The zero-order valence-electron chi connectivity index (χ0n) is 10.8. The summed E-state index contributed by atoms with van der Waals surface area (Å²) in [7, 11) is 0. The van der Waals surface area contributed by atoms with Gasteiger partial charge >= 0.3 is 0 Å². The van der Waals surface area contributed by atoms with E-state index in [0.29, 0.717) is 23.9 Å². The van der Waals surface area contributed by atoms with Gasteiger partial charge in [0.05, 0.1) is 5.75 Å². The van der Waals surface area contributed by atoms with Crippen LogP contribution in [0.1, 0.15) is 6.42 Å². The van der Waals surface area contributed by atoms with Crippen LogP contribution in [0.4, 0.5) is 0 Å². The molecule has 8 heteroatoms. The van der Waals surface area contributed by atoms with E-state index in [0.717, 1.165) is 5.56 Å². The van der Waals surface area contributed by atoms with E-state index in [-0.39, 0.29) is 12.4 Å². The minimum Gasteiger partial charge on any atom is -0.396 e. The van der Waals surface area contributed by atoms with Gasteiger partial charge in [-0.2, -0.15) is 0 Å². The quantitative estimate of drug-likeness (QED) is 0.711. The molecule has 0 aliphatic carbocycles. The van der Waals surface area contributed by atoms with Crippen molar-refractivity contribution in [2.45, 2.75) is 18.1 Å². The van der Waals surface area contributed by atoms with Crippen LogP contribution < -0.4 is 5.73 Å². The summed E-state index contributed by atoms with van der Waals surface area (Å²) >= 11 is 1.24. The van der Waals surface area contributed by atoms with Gasteiger partial charge in [-0.25, -0.2) is 0 Å². The first-order chi connectivity index (χ1) is 9.72. The predicted octanol–water partition coefficient (Wildman–Crippen LogP) is 0.300. The van der Waals surface area contributed by atoms with Gasteiger partial charge in [0.1, 0.15) is 0 Å². The Hall–Kier alpha value is -1.93. The fourth-order valence-corrected chi connectivity index (χ4v) is 2.38. The second-order valence-electron chi connectivity index (χ2n) is 4.03. The van der Waals surface area contributed by atoms with Crippen molar-refractivity contribution in [3.05, 3.63) is 24.5 Å². The number of aliphatic hydroxyl groups excluding tert-OH is 1. The molecule has 3 N–H and O–H groups in total. The number of nitrogens with two attached hydrogens (primary N) is 1. The van der Waals surface area contributed by atoms with Crippen molar-refractivity contribution in [1.82, 2.24) is 19.7 Å². The van der Waals surface area contributed by atoms with E-state index < -0.39 is 5.91 Å². The highest BCUT2D eigenvalue weighted by molar-refractivity contribution is 7.99. The maximum atomic E-state index is 10.9. The Morgan fingerprint density at radius 3 is 2.75 bits per heavy atom. The molecular formula is C12H15N5O2S. The van der Waals surface area contributed by atoms with Gasteiger partial charge in [-0.1, -0.05) is 11.8 Å². The summed E-state index contributed by atoms with van der Waals surface area (Å²) in [5.74, 6) is 0.429. The monoisotopic (exact) mass is 293 g/mol. The van der Waals surface area contributed by atoms with Crippen molar-refractivity contribution >= 4 is 17.7 Å². The van der Waals surface area contributed by atoms with Crippen LogP contribution >= 0.6 is 11.8 Å². The lowest BCUT2D eigenvalue weighted by atomic mass is 10.2. The van der Waals surface area contributed by atoms with E-state index >= 15 is 0 Å². The number of primary amides is 1. The Labute approximate surface area is 120 Å². The minimum absolute atomic E-state index is 0.0773.